The number of nitrogens with zero attached hydrogens (tertiary/aromatic N) is 2. The maximum atomic E-state index is 12.9. The van der Waals surface area contributed by atoms with Gasteiger partial charge in [0.1, 0.15) is 5.69 Å². The molecule has 2 heterocycles. The van der Waals surface area contributed by atoms with Crippen LogP contribution in [-0.4, -0.2) is 21.9 Å². The molecular weight excluding hydrogens is 394 g/mol. The van der Waals surface area contributed by atoms with E-state index in [0.29, 0.717) is 16.7 Å². The van der Waals surface area contributed by atoms with Crippen molar-refractivity contribution < 1.29 is 4.79 Å². The Morgan fingerprint density at radius 3 is 2.70 bits per heavy atom. The highest BCUT2D eigenvalue weighted by atomic mass is 32.1. The molecule has 1 aliphatic carbocycles. The van der Waals surface area contributed by atoms with Crippen molar-refractivity contribution in [3.8, 4) is 0 Å². The average molecular weight is 422 g/mol. The summed E-state index contributed by atoms with van der Waals surface area (Å²) >= 11 is 1.40. The monoisotopic (exact) mass is 421 g/mol. The van der Waals surface area contributed by atoms with Crippen molar-refractivity contribution in [1.82, 2.24) is 9.97 Å². The van der Waals surface area contributed by atoms with E-state index in [1.807, 2.05) is 30.3 Å². The van der Waals surface area contributed by atoms with Gasteiger partial charge in [0.2, 0.25) is 0 Å². The third kappa shape index (κ3) is 5.23. The van der Waals surface area contributed by atoms with E-state index in [1.165, 1.54) is 29.7 Å². The third-order valence-electron chi connectivity index (χ3n) is 5.58. The highest BCUT2D eigenvalue weighted by Crippen LogP contribution is 2.35. The van der Waals surface area contributed by atoms with Crippen LogP contribution in [0.1, 0.15) is 60.5 Å². The molecule has 2 aromatic heterocycles. The second-order valence-corrected chi connectivity index (χ2v) is 8.62. The molecular formula is C23H27N5OS. The zero-order chi connectivity index (χ0) is 20.8. The molecule has 1 aliphatic rings. The van der Waals surface area contributed by atoms with Crippen LogP contribution in [0.5, 0.6) is 0 Å². The first-order chi connectivity index (χ1) is 14.7. The largest absolute Gasteiger partial charge is 0.331 e. The molecule has 30 heavy (non-hydrogen) atoms. The summed E-state index contributed by atoms with van der Waals surface area (Å²) in [6.45, 7) is 0. The molecule has 2 unspecified atom stereocenters. The van der Waals surface area contributed by atoms with Gasteiger partial charge in [-0.05, 0) is 55.4 Å². The van der Waals surface area contributed by atoms with Gasteiger partial charge in [-0.1, -0.05) is 31.0 Å². The number of nitrogens with two attached hydrogens (primary N) is 1. The fourth-order valence-corrected chi connectivity index (χ4v) is 4.67. The van der Waals surface area contributed by atoms with E-state index >= 15 is 0 Å². The van der Waals surface area contributed by atoms with Crippen molar-refractivity contribution in [3.05, 3.63) is 65.4 Å². The van der Waals surface area contributed by atoms with Crippen LogP contribution < -0.4 is 16.4 Å². The standard InChI is InChI=1S/C23H27N5OS/c24-17-6-2-1-5-16(9-10-17)19-7-3-4-8-20(19)27-22(29)21-15-30-23(28-21)26-18-11-13-25-14-12-18/h3-4,7-8,11-17H,1-2,5-6,9-10,24H2,(H,27,29)(H,25,26,28). The number of carbonyl (C=O) groups is 1. The van der Waals surface area contributed by atoms with Crippen LogP contribution in [0.25, 0.3) is 0 Å². The predicted molar refractivity (Wildman–Crippen MR) is 122 cm³/mol. The Labute approximate surface area is 181 Å². The molecule has 0 bridgehead atoms. The summed E-state index contributed by atoms with van der Waals surface area (Å²) in [4.78, 5) is 21.3. The Morgan fingerprint density at radius 2 is 1.83 bits per heavy atom. The van der Waals surface area contributed by atoms with Crippen molar-refractivity contribution in [2.45, 2.75) is 50.5 Å². The van der Waals surface area contributed by atoms with Crippen molar-refractivity contribution >= 4 is 33.8 Å². The van der Waals surface area contributed by atoms with Crippen molar-refractivity contribution in [2.24, 2.45) is 5.73 Å². The van der Waals surface area contributed by atoms with Gasteiger partial charge >= 0.3 is 0 Å². The highest BCUT2D eigenvalue weighted by molar-refractivity contribution is 7.14. The van der Waals surface area contributed by atoms with E-state index in [9.17, 15) is 4.79 Å². The summed E-state index contributed by atoms with van der Waals surface area (Å²) in [5.74, 6) is 0.233. The average Bonchev–Trinajstić information content (AvgIpc) is 3.21. The lowest BCUT2D eigenvalue weighted by molar-refractivity contribution is 0.102. The van der Waals surface area contributed by atoms with Gasteiger partial charge in [0.25, 0.3) is 5.91 Å². The zero-order valence-corrected chi connectivity index (χ0v) is 17.7. The number of nitrogens with one attached hydrogen (secondary N) is 2. The van der Waals surface area contributed by atoms with E-state index < -0.39 is 0 Å². The number of benzene rings is 1. The van der Waals surface area contributed by atoms with Crippen LogP contribution >= 0.6 is 11.3 Å². The molecule has 0 saturated heterocycles. The predicted octanol–water partition coefficient (Wildman–Crippen LogP) is 5.30. The smallest absolute Gasteiger partial charge is 0.275 e. The van der Waals surface area contributed by atoms with Crippen LogP contribution in [0, 0.1) is 0 Å². The fraction of sp³-hybridized carbons (Fsp3) is 0.348. The molecule has 4 N–H and O–H groups in total. The minimum absolute atomic E-state index is 0.191. The number of para-hydroxylation sites is 1. The van der Waals surface area contributed by atoms with Crippen molar-refractivity contribution in [3.63, 3.8) is 0 Å². The van der Waals surface area contributed by atoms with Crippen molar-refractivity contribution in [1.29, 1.82) is 0 Å². The fourth-order valence-electron chi connectivity index (χ4n) is 3.96. The van der Waals surface area contributed by atoms with Gasteiger partial charge < -0.3 is 16.4 Å². The minimum atomic E-state index is -0.191. The first-order valence-corrected chi connectivity index (χ1v) is 11.4. The number of rotatable bonds is 5. The summed E-state index contributed by atoms with van der Waals surface area (Å²) in [5.41, 5.74) is 9.58. The molecule has 0 radical (unpaired) electrons. The summed E-state index contributed by atoms with van der Waals surface area (Å²) < 4.78 is 0. The lowest BCUT2D eigenvalue weighted by atomic mass is 9.84. The Kier molecular flexibility index (Phi) is 6.71. The molecule has 7 heteroatoms. The number of thiazole rings is 1. The number of anilines is 3. The first kappa shape index (κ1) is 20.5. The van der Waals surface area contributed by atoms with E-state index in [-0.39, 0.29) is 11.9 Å². The third-order valence-corrected chi connectivity index (χ3v) is 6.34. The molecule has 2 atom stereocenters. The summed E-state index contributed by atoms with van der Waals surface area (Å²) in [6.07, 6.45) is 10.1. The molecule has 6 nitrogen and oxygen atoms in total. The SMILES string of the molecule is NC1CCCCC(c2ccccc2NC(=O)c2csc(Nc3ccncc3)n2)CC1. The van der Waals surface area contributed by atoms with Gasteiger partial charge in [-0.25, -0.2) is 4.98 Å². The first-order valence-electron chi connectivity index (χ1n) is 10.5. The van der Waals surface area contributed by atoms with Gasteiger partial charge in [0.05, 0.1) is 0 Å². The van der Waals surface area contributed by atoms with Crippen LogP contribution in [0.15, 0.2) is 54.2 Å². The van der Waals surface area contributed by atoms with Crippen LogP contribution in [-0.2, 0) is 0 Å². The van der Waals surface area contributed by atoms with Crippen LogP contribution in [0.4, 0.5) is 16.5 Å². The molecule has 0 aliphatic heterocycles. The van der Waals surface area contributed by atoms with Gasteiger partial charge in [-0.3, -0.25) is 9.78 Å². The number of aromatic nitrogens is 2. The van der Waals surface area contributed by atoms with Gasteiger partial charge in [0, 0.05) is 35.2 Å². The van der Waals surface area contributed by atoms with Gasteiger partial charge in [-0.2, -0.15) is 0 Å². The molecule has 1 saturated carbocycles. The molecule has 1 fully saturated rings. The van der Waals surface area contributed by atoms with Crippen LogP contribution in [0.2, 0.25) is 0 Å². The molecule has 156 valence electrons. The molecule has 3 aromatic rings. The normalized spacial score (nSPS) is 19.5. The summed E-state index contributed by atoms with van der Waals surface area (Å²) in [7, 11) is 0. The molecule has 1 amide bonds. The van der Waals surface area contributed by atoms with Gasteiger partial charge in [0.15, 0.2) is 5.13 Å². The van der Waals surface area contributed by atoms with E-state index in [0.717, 1.165) is 37.1 Å². The second kappa shape index (κ2) is 9.82. The Bertz CT molecular complexity index is 974. The van der Waals surface area contributed by atoms with E-state index in [1.54, 1.807) is 17.8 Å². The number of amides is 1. The lowest BCUT2D eigenvalue weighted by Gasteiger charge is -2.25. The van der Waals surface area contributed by atoms with Crippen LogP contribution in [0.3, 0.4) is 0 Å². The van der Waals surface area contributed by atoms with E-state index in [2.05, 4.69) is 26.7 Å². The summed E-state index contributed by atoms with van der Waals surface area (Å²) in [5, 5.41) is 8.73. The summed E-state index contributed by atoms with van der Waals surface area (Å²) in [6, 6.07) is 12.1. The number of carbonyl (C=O) groups excluding carboxylic acids is 1. The van der Waals surface area contributed by atoms with Gasteiger partial charge in [-0.15, -0.1) is 11.3 Å². The lowest BCUT2D eigenvalue weighted by Crippen LogP contribution is -2.23. The number of hydrogen-bond donors (Lipinski definition) is 3. The number of hydrogen-bond acceptors (Lipinski definition) is 6. The highest BCUT2D eigenvalue weighted by Gasteiger charge is 2.20. The zero-order valence-electron chi connectivity index (χ0n) is 16.9. The number of pyridine rings is 1. The van der Waals surface area contributed by atoms with Crippen molar-refractivity contribution in [2.75, 3.05) is 10.6 Å². The molecule has 4 rings (SSSR count). The Balaban J connectivity index is 1.46. The topological polar surface area (TPSA) is 92.9 Å². The Hall–Kier alpha value is -2.77. The second-order valence-electron chi connectivity index (χ2n) is 7.76. The minimum Gasteiger partial charge on any atom is -0.331 e. The maximum absolute atomic E-state index is 12.9. The van der Waals surface area contributed by atoms with E-state index in [4.69, 9.17) is 5.73 Å². The molecule has 0 spiro atoms. The maximum Gasteiger partial charge on any atom is 0.275 e. The quantitative estimate of drug-likeness (QED) is 0.520. The Morgan fingerprint density at radius 1 is 1.03 bits per heavy atom. The molecule has 1 aromatic carbocycles.